The van der Waals surface area contributed by atoms with Gasteiger partial charge in [-0.05, 0) is 42.5 Å². The van der Waals surface area contributed by atoms with E-state index in [2.05, 4.69) is 0 Å². The van der Waals surface area contributed by atoms with Crippen molar-refractivity contribution in [1.29, 1.82) is 5.26 Å². The van der Waals surface area contributed by atoms with Crippen molar-refractivity contribution < 1.29 is 9.90 Å². The Bertz CT molecular complexity index is 662. The van der Waals surface area contributed by atoms with Crippen LogP contribution in [0.25, 0.3) is 0 Å². The van der Waals surface area contributed by atoms with Crippen molar-refractivity contribution in [3.63, 3.8) is 0 Å². The van der Waals surface area contributed by atoms with Crippen LogP contribution in [0.15, 0.2) is 52.3 Å². The summed E-state index contributed by atoms with van der Waals surface area (Å²) in [6, 6.07) is 13.8. The molecule has 0 amide bonds. The molecule has 0 saturated heterocycles. The van der Waals surface area contributed by atoms with Crippen LogP contribution in [0, 0.1) is 11.3 Å². The van der Waals surface area contributed by atoms with Gasteiger partial charge in [0.05, 0.1) is 16.1 Å². The molecule has 0 aromatic heterocycles. The number of hydrogen-bond acceptors (Lipinski definition) is 3. The highest BCUT2D eigenvalue weighted by Gasteiger charge is 2.05. The molecule has 3 nitrogen and oxygen atoms in total. The molecule has 0 fully saturated rings. The van der Waals surface area contributed by atoms with E-state index in [1.165, 1.54) is 11.8 Å². The van der Waals surface area contributed by atoms with Crippen LogP contribution >= 0.6 is 23.4 Å². The fraction of sp³-hybridized carbons (Fsp3) is 0. The van der Waals surface area contributed by atoms with Gasteiger partial charge in [0.15, 0.2) is 0 Å². The van der Waals surface area contributed by atoms with E-state index >= 15 is 0 Å². The van der Waals surface area contributed by atoms with E-state index in [1.54, 1.807) is 36.4 Å². The summed E-state index contributed by atoms with van der Waals surface area (Å²) >= 11 is 7.30. The van der Waals surface area contributed by atoms with E-state index in [9.17, 15) is 4.79 Å². The number of carboxylic acids is 1. The Balaban J connectivity index is 2.22. The summed E-state index contributed by atoms with van der Waals surface area (Å²) in [5, 5.41) is 18.1. The van der Waals surface area contributed by atoms with E-state index in [0.717, 1.165) is 9.79 Å². The van der Waals surface area contributed by atoms with Crippen LogP contribution < -0.4 is 0 Å². The summed E-state index contributed by atoms with van der Waals surface area (Å²) in [4.78, 5) is 12.5. The van der Waals surface area contributed by atoms with Crippen molar-refractivity contribution in [3.8, 4) is 6.07 Å². The number of nitriles is 1. The van der Waals surface area contributed by atoms with Gasteiger partial charge in [-0.1, -0.05) is 23.4 Å². The third kappa shape index (κ3) is 3.28. The van der Waals surface area contributed by atoms with Crippen molar-refractivity contribution >= 4 is 29.3 Å². The monoisotopic (exact) mass is 289 g/mol. The highest BCUT2D eigenvalue weighted by atomic mass is 35.5. The van der Waals surface area contributed by atoms with Gasteiger partial charge in [-0.2, -0.15) is 5.26 Å². The van der Waals surface area contributed by atoms with Gasteiger partial charge < -0.3 is 5.11 Å². The van der Waals surface area contributed by atoms with Gasteiger partial charge in [0.2, 0.25) is 0 Å². The average Bonchev–Trinajstić information content (AvgIpc) is 2.41. The van der Waals surface area contributed by atoms with E-state index in [-0.39, 0.29) is 5.56 Å². The number of carbonyl (C=O) groups is 1. The first-order chi connectivity index (χ1) is 9.10. The van der Waals surface area contributed by atoms with E-state index in [1.807, 2.05) is 12.1 Å². The Morgan fingerprint density at radius 1 is 1.16 bits per heavy atom. The zero-order valence-electron chi connectivity index (χ0n) is 9.63. The Morgan fingerprint density at radius 2 is 1.79 bits per heavy atom. The molecule has 5 heteroatoms. The summed E-state index contributed by atoms with van der Waals surface area (Å²) in [6.07, 6.45) is 0. The zero-order valence-corrected chi connectivity index (χ0v) is 11.2. The topological polar surface area (TPSA) is 61.1 Å². The summed E-state index contributed by atoms with van der Waals surface area (Å²) in [6.45, 7) is 0. The highest BCUT2D eigenvalue weighted by molar-refractivity contribution is 7.99. The van der Waals surface area contributed by atoms with Crippen molar-refractivity contribution in [2.75, 3.05) is 0 Å². The predicted molar refractivity (Wildman–Crippen MR) is 73.7 cm³/mol. The molecular weight excluding hydrogens is 282 g/mol. The molecule has 94 valence electrons. The molecule has 0 unspecified atom stereocenters. The minimum atomic E-state index is -0.949. The molecule has 0 radical (unpaired) electrons. The van der Waals surface area contributed by atoms with Crippen LogP contribution in [0.3, 0.4) is 0 Å². The van der Waals surface area contributed by atoms with Gasteiger partial charge in [-0.25, -0.2) is 4.79 Å². The second kappa shape index (κ2) is 5.79. The predicted octanol–water partition coefficient (Wildman–Crippen LogP) is 4.06. The van der Waals surface area contributed by atoms with Gasteiger partial charge in [0.1, 0.15) is 6.07 Å². The maximum atomic E-state index is 10.7. The van der Waals surface area contributed by atoms with Crippen LogP contribution in [-0.2, 0) is 0 Å². The van der Waals surface area contributed by atoms with Crippen LogP contribution in [0.4, 0.5) is 0 Å². The quantitative estimate of drug-likeness (QED) is 0.925. The van der Waals surface area contributed by atoms with E-state index < -0.39 is 5.97 Å². The van der Waals surface area contributed by atoms with Gasteiger partial charge in [-0.15, -0.1) is 0 Å². The van der Waals surface area contributed by atoms with E-state index in [0.29, 0.717) is 10.6 Å². The molecule has 0 saturated carbocycles. The molecule has 2 rings (SSSR count). The Kier molecular flexibility index (Phi) is 4.10. The van der Waals surface area contributed by atoms with Crippen LogP contribution in [0.1, 0.15) is 15.9 Å². The lowest BCUT2D eigenvalue weighted by atomic mass is 10.2. The maximum Gasteiger partial charge on any atom is 0.335 e. The molecule has 19 heavy (non-hydrogen) atoms. The lowest BCUT2D eigenvalue weighted by molar-refractivity contribution is 0.0697. The van der Waals surface area contributed by atoms with Crippen LogP contribution in [-0.4, -0.2) is 11.1 Å². The third-order valence-corrected chi connectivity index (χ3v) is 3.72. The van der Waals surface area contributed by atoms with Gasteiger partial charge in [0.25, 0.3) is 0 Å². The smallest absolute Gasteiger partial charge is 0.335 e. The normalized spacial score (nSPS) is 9.89. The Hall–Kier alpha value is -1.96. The van der Waals surface area contributed by atoms with Gasteiger partial charge in [-0.3, -0.25) is 0 Å². The maximum absolute atomic E-state index is 10.7. The fourth-order valence-corrected chi connectivity index (χ4v) is 2.47. The molecule has 2 aromatic carbocycles. The molecule has 2 aromatic rings. The molecule has 0 aliphatic carbocycles. The number of aromatic carboxylic acids is 1. The van der Waals surface area contributed by atoms with Crippen molar-refractivity contribution in [2.45, 2.75) is 9.79 Å². The molecule has 1 N–H and O–H groups in total. The summed E-state index contributed by atoms with van der Waals surface area (Å²) in [5.74, 6) is -0.949. The molecule has 0 bridgehead atoms. The lowest BCUT2D eigenvalue weighted by Crippen LogP contribution is -1.94. The minimum absolute atomic E-state index is 0.248. The van der Waals surface area contributed by atoms with Crippen LogP contribution in [0.5, 0.6) is 0 Å². The number of carboxylic acid groups (broad SMARTS) is 1. The number of rotatable bonds is 3. The molecular formula is C14H8ClNO2S. The molecule has 0 atom stereocenters. The molecule has 0 aliphatic heterocycles. The first kappa shape index (κ1) is 13.5. The largest absolute Gasteiger partial charge is 0.478 e. The number of hydrogen-bond donors (Lipinski definition) is 1. The molecule has 0 aliphatic rings. The van der Waals surface area contributed by atoms with Gasteiger partial charge >= 0.3 is 5.97 Å². The Labute approximate surface area is 119 Å². The van der Waals surface area contributed by atoms with Crippen molar-refractivity contribution in [3.05, 3.63) is 58.6 Å². The SMILES string of the molecule is N#Cc1cc(Sc2ccc(C(=O)O)cc2)ccc1Cl. The average molecular weight is 290 g/mol. The summed E-state index contributed by atoms with van der Waals surface area (Å²) in [5.41, 5.74) is 0.673. The first-order valence-electron chi connectivity index (χ1n) is 5.31. The first-order valence-corrected chi connectivity index (χ1v) is 6.50. The van der Waals surface area contributed by atoms with Gasteiger partial charge in [0, 0.05) is 9.79 Å². The second-order valence-corrected chi connectivity index (χ2v) is 5.24. The van der Waals surface area contributed by atoms with Crippen molar-refractivity contribution in [2.24, 2.45) is 0 Å². The number of nitrogens with zero attached hydrogens (tertiary/aromatic N) is 1. The highest BCUT2D eigenvalue weighted by Crippen LogP contribution is 2.30. The standard InChI is InChI=1S/C14H8ClNO2S/c15-13-6-5-12(7-10(13)8-16)19-11-3-1-9(2-4-11)14(17)18/h1-7H,(H,17,18). The molecule has 0 spiro atoms. The summed E-state index contributed by atoms with van der Waals surface area (Å²) in [7, 11) is 0. The fourth-order valence-electron chi connectivity index (χ4n) is 1.46. The number of benzene rings is 2. The Morgan fingerprint density at radius 3 is 2.37 bits per heavy atom. The van der Waals surface area contributed by atoms with Crippen LogP contribution in [0.2, 0.25) is 5.02 Å². The third-order valence-electron chi connectivity index (χ3n) is 2.40. The molecule has 0 heterocycles. The second-order valence-electron chi connectivity index (χ2n) is 3.69. The minimum Gasteiger partial charge on any atom is -0.478 e. The lowest BCUT2D eigenvalue weighted by Gasteiger charge is -2.03. The van der Waals surface area contributed by atoms with E-state index in [4.69, 9.17) is 22.0 Å². The zero-order chi connectivity index (χ0) is 13.8. The van der Waals surface area contributed by atoms with Crippen molar-refractivity contribution in [1.82, 2.24) is 0 Å². The number of halogens is 1. The summed E-state index contributed by atoms with van der Waals surface area (Å²) < 4.78 is 0.